The van der Waals surface area contributed by atoms with Crippen LogP contribution >= 0.6 is 0 Å². The molecule has 200 valence electrons. The Hall–Kier alpha value is -2.66. The summed E-state index contributed by atoms with van der Waals surface area (Å²) in [6.45, 7) is 17.1. The Morgan fingerprint density at radius 3 is 2.61 bits per heavy atom. The van der Waals surface area contributed by atoms with Crippen LogP contribution in [0, 0.1) is 6.92 Å². The minimum atomic E-state index is -0.458. The lowest BCUT2D eigenvalue weighted by atomic mass is 9.98. The second-order valence-corrected chi connectivity index (χ2v) is 10.7. The van der Waals surface area contributed by atoms with Crippen LogP contribution < -0.4 is 15.6 Å². The van der Waals surface area contributed by atoms with Crippen molar-refractivity contribution in [2.45, 2.75) is 84.8 Å². The second-order valence-electron chi connectivity index (χ2n) is 10.7. The lowest BCUT2D eigenvalue weighted by Gasteiger charge is -2.47. The summed E-state index contributed by atoms with van der Waals surface area (Å²) in [5.41, 5.74) is 3.96. The third-order valence-corrected chi connectivity index (χ3v) is 6.93. The number of nitrogens with zero attached hydrogens (tertiary/aromatic N) is 6. The van der Waals surface area contributed by atoms with Crippen molar-refractivity contribution in [2.24, 2.45) is 5.10 Å². The molecule has 11 heteroatoms. The van der Waals surface area contributed by atoms with E-state index in [2.05, 4.69) is 32.6 Å². The van der Waals surface area contributed by atoms with E-state index in [0.717, 1.165) is 70.0 Å². The molecular weight excluding hydrogens is 460 g/mol. The van der Waals surface area contributed by atoms with Gasteiger partial charge in [-0.1, -0.05) is 13.8 Å². The van der Waals surface area contributed by atoms with E-state index >= 15 is 0 Å². The molecule has 3 aliphatic heterocycles. The van der Waals surface area contributed by atoms with Crippen LogP contribution in [0.15, 0.2) is 11.3 Å². The van der Waals surface area contributed by atoms with Crippen molar-refractivity contribution in [1.82, 2.24) is 30.5 Å². The van der Waals surface area contributed by atoms with E-state index in [-0.39, 0.29) is 12.4 Å². The standard InChI is InChI=1S/C25H42N8O3/c1-7-18-16-32(21-17(3)28-20(15-27-21)22-29-30-23(35-22)26-8-2)13-14-33(18)19-9-11-31(12-10-19)24(34)36-25(4,5)6/h15,18-19,23,26,30H,7-14,16H2,1-6H3/t18-,23?/m0/s1. The van der Waals surface area contributed by atoms with Crippen LogP contribution in [-0.2, 0) is 9.47 Å². The topological polar surface area (TPSA) is 107 Å². The van der Waals surface area contributed by atoms with E-state index in [1.807, 2.05) is 39.5 Å². The van der Waals surface area contributed by atoms with Crippen LogP contribution in [0.5, 0.6) is 0 Å². The van der Waals surface area contributed by atoms with Gasteiger partial charge in [-0.25, -0.2) is 14.8 Å². The SMILES string of the molecule is CCNC1NN=C(c2cnc(N3CCN(C4CCN(C(=O)OC(C)(C)C)CC4)[C@@H](CC)C3)c(C)n2)O1. The highest BCUT2D eigenvalue weighted by molar-refractivity contribution is 5.92. The van der Waals surface area contributed by atoms with Crippen LogP contribution in [0.1, 0.15) is 65.3 Å². The molecule has 2 fully saturated rings. The van der Waals surface area contributed by atoms with Crippen molar-refractivity contribution in [3.8, 4) is 0 Å². The number of piperazine rings is 1. The van der Waals surface area contributed by atoms with E-state index in [0.29, 0.717) is 23.7 Å². The van der Waals surface area contributed by atoms with Crippen molar-refractivity contribution < 1.29 is 14.3 Å². The average Bonchev–Trinajstić information content (AvgIpc) is 3.31. The fourth-order valence-electron chi connectivity index (χ4n) is 5.17. The lowest BCUT2D eigenvalue weighted by Crippen LogP contribution is -2.59. The largest absolute Gasteiger partial charge is 0.444 e. The molecule has 0 saturated carbocycles. The molecule has 0 bridgehead atoms. The van der Waals surface area contributed by atoms with Gasteiger partial charge in [-0.3, -0.25) is 15.6 Å². The number of piperidine rings is 1. The van der Waals surface area contributed by atoms with Gasteiger partial charge in [0, 0.05) is 44.8 Å². The van der Waals surface area contributed by atoms with Crippen LogP contribution in [-0.4, -0.2) is 95.1 Å². The van der Waals surface area contributed by atoms with Crippen LogP contribution in [0.4, 0.5) is 10.6 Å². The number of rotatable bonds is 6. The first-order valence-corrected chi connectivity index (χ1v) is 13.2. The van der Waals surface area contributed by atoms with Crippen LogP contribution in [0.3, 0.4) is 0 Å². The van der Waals surface area contributed by atoms with Gasteiger partial charge in [0.15, 0.2) is 0 Å². The summed E-state index contributed by atoms with van der Waals surface area (Å²) >= 11 is 0. The summed E-state index contributed by atoms with van der Waals surface area (Å²) in [7, 11) is 0. The van der Waals surface area contributed by atoms with E-state index in [1.165, 1.54) is 0 Å². The summed E-state index contributed by atoms with van der Waals surface area (Å²) in [5.74, 6) is 1.38. The van der Waals surface area contributed by atoms with Gasteiger partial charge in [0.1, 0.15) is 17.1 Å². The fraction of sp³-hybridized carbons (Fsp3) is 0.760. The molecule has 11 nitrogen and oxygen atoms in total. The summed E-state index contributed by atoms with van der Waals surface area (Å²) in [5, 5.41) is 7.38. The molecule has 2 atom stereocenters. The quantitative estimate of drug-likeness (QED) is 0.606. The molecule has 0 aromatic carbocycles. The van der Waals surface area contributed by atoms with Gasteiger partial charge < -0.3 is 19.3 Å². The Bertz CT molecular complexity index is 942. The number of carbonyl (C=O) groups excluding carboxylic acids is 1. The van der Waals surface area contributed by atoms with Crippen molar-refractivity contribution in [1.29, 1.82) is 0 Å². The predicted molar refractivity (Wildman–Crippen MR) is 139 cm³/mol. The number of amides is 1. The van der Waals surface area contributed by atoms with Crippen LogP contribution in [0.25, 0.3) is 0 Å². The van der Waals surface area contributed by atoms with Gasteiger partial charge >= 0.3 is 6.09 Å². The number of hydrazone groups is 1. The van der Waals surface area contributed by atoms with Crippen molar-refractivity contribution >= 4 is 17.8 Å². The van der Waals surface area contributed by atoms with Gasteiger partial charge in [-0.15, -0.1) is 5.10 Å². The van der Waals surface area contributed by atoms with Crippen molar-refractivity contribution in [2.75, 3.05) is 44.2 Å². The molecule has 4 rings (SSSR count). The summed E-state index contributed by atoms with van der Waals surface area (Å²) in [6, 6.07) is 0.922. The Morgan fingerprint density at radius 1 is 1.22 bits per heavy atom. The number of likely N-dealkylation sites (tertiary alicyclic amines) is 1. The lowest BCUT2D eigenvalue weighted by molar-refractivity contribution is 0.00944. The third-order valence-electron chi connectivity index (χ3n) is 6.93. The zero-order valence-corrected chi connectivity index (χ0v) is 22.6. The predicted octanol–water partition coefficient (Wildman–Crippen LogP) is 2.26. The zero-order valence-electron chi connectivity index (χ0n) is 22.6. The number of aryl methyl sites for hydroxylation is 1. The monoisotopic (exact) mass is 502 g/mol. The van der Waals surface area contributed by atoms with Gasteiger partial charge in [-0.2, -0.15) is 0 Å². The Labute approximate surface area is 214 Å². The van der Waals surface area contributed by atoms with Gasteiger partial charge in [0.2, 0.25) is 6.35 Å². The molecule has 1 unspecified atom stereocenters. The molecule has 36 heavy (non-hydrogen) atoms. The summed E-state index contributed by atoms with van der Waals surface area (Å²) < 4.78 is 11.3. The molecule has 3 aliphatic rings. The molecule has 2 saturated heterocycles. The van der Waals surface area contributed by atoms with E-state index < -0.39 is 5.60 Å². The maximum atomic E-state index is 12.5. The maximum absolute atomic E-state index is 12.5. The number of aromatic nitrogens is 2. The highest BCUT2D eigenvalue weighted by Crippen LogP contribution is 2.27. The Balaban J connectivity index is 1.34. The number of hydrogen-bond donors (Lipinski definition) is 2. The average molecular weight is 503 g/mol. The van der Waals surface area contributed by atoms with E-state index in [4.69, 9.17) is 19.4 Å². The number of nitrogens with one attached hydrogen (secondary N) is 2. The normalized spacial score (nSPS) is 23.8. The highest BCUT2D eigenvalue weighted by atomic mass is 16.6. The number of hydrogen-bond acceptors (Lipinski definition) is 10. The highest BCUT2D eigenvalue weighted by Gasteiger charge is 2.35. The second kappa shape index (κ2) is 11.2. The number of anilines is 1. The van der Waals surface area contributed by atoms with E-state index in [1.54, 1.807) is 6.20 Å². The molecule has 0 spiro atoms. The number of ether oxygens (including phenoxy) is 2. The van der Waals surface area contributed by atoms with Gasteiger partial charge in [0.05, 0.1) is 11.9 Å². The molecule has 1 aromatic heterocycles. The molecule has 0 radical (unpaired) electrons. The first-order chi connectivity index (χ1) is 17.2. The first kappa shape index (κ1) is 26.4. The van der Waals surface area contributed by atoms with Crippen LogP contribution in [0.2, 0.25) is 0 Å². The minimum Gasteiger partial charge on any atom is -0.444 e. The van der Waals surface area contributed by atoms with Crippen molar-refractivity contribution in [3.05, 3.63) is 17.6 Å². The van der Waals surface area contributed by atoms with Gasteiger partial charge in [0.25, 0.3) is 5.90 Å². The third kappa shape index (κ3) is 6.18. The Kier molecular flexibility index (Phi) is 8.19. The molecular formula is C25H42N8O3. The smallest absolute Gasteiger partial charge is 0.410 e. The maximum Gasteiger partial charge on any atom is 0.410 e. The Morgan fingerprint density at radius 2 is 1.97 bits per heavy atom. The molecule has 0 aliphatic carbocycles. The molecule has 2 N–H and O–H groups in total. The molecule has 4 heterocycles. The minimum absolute atomic E-state index is 0.197. The van der Waals surface area contributed by atoms with E-state index in [9.17, 15) is 4.79 Å². The zero-order chi connectivity index (χ0) is 25.9. The molecule has 1 aromatic rings. The van der Waals surface area contributed by atoms with Gasteiger partial charge in [-0.05, 0) is 53.5 Å². The number of carbonyl (C=O) groups is 1. The first-order valence-electron chi connectivity index (χ1n) is 13.2. The summed E-state index contributed by atoms with van der Waals surface area (Å²) in [6.07, 6.45) is 4.24. The molecule has 1 amide bonds. The van der Waals surface area contributed by atoms with Crippen molar-refractivity contribution in [3.63, 3.8) is 0 Å². The summed E-state index contributed by atoms with van der Waals surface area (Å²) in [4.78, 5) is 28.8. The fourth-order valence-corrected chi connectivity index (χ4v) is 5.17.